The molecule has 0 spiro atoms. The Balaban J connectivity index is 2.06. The second-order valence-electron chi connectivity index (χ2n) is 5.17. The van der Waals surface area contributed by atoms with Gasteiger partial charge in [-0.15, -0.1) is 0 Å². The van der Waals surface area contributed by atoms with E-state index in [2.05, 4.69) is 21.2 Å². The van der Waals surface area contributed by atoms with Crippen LogP contribution in [0, 0.1) is 11.6 Å². The van der Waals surface area contributed by atoms with Crippen LogP contribution in [0.4, 0.5) is 8.78 Å². The Morgan fingerprint density at radius 3 is 2.67 bits per heavy atom. The minimum atomic E-state index is -0.593. The Labute approximate surface area is 135 Å². The van der Waals surface area contributed by atoms with E-state index in [1.54, 1.807) is 18.2 Å². The topological polar surface area (TPSA) is 12.0 Å². The molecule has 1 aliphatic carbocycles. The maximum absolute atomic E-state index is 14.3. The first-order chi connectivity index (χ1) is 10.1. The molecule has 1 aliphatic rings. The molecule has 0 unspecified atom stereocenters. The van der Waals surface area contributed by atoms with Crippen LogP contribution in [0.3, 0.4) is 0 Å². The summed E-state index contributed by atoms with van der Waals surface area (Å²) in [4.78, 5) is 0. The first-order valence-corrected chi connectivity index (χ1v) is 7.89. The van der Waals surface area contributed by atoms with Crippen LogP contribution in [-0.2, 0) is 6.54 Å². The Bertz CT molecular complexity index is 686. The van der Waals surface area contributed by atoms with Gasteiger partial charge in [-0.2, -0.15) is 0 Å². The predicted octanol–water partition coefficient (Wildman–Crippen LogP) is 5.30. The van der Waals surface area contributed by atoms with Crippen molar-refractivity contribution >= 4 is 27.5 Å². The van der Waals surface area contributed by atoms with Crippen molar-refractivity contribution in [3.05, 3.63) is 57.0 Å². The summed E-state index contributed by atoms with van der Waals surface area (Å²) in [5.41, 5.74) is 1.31. The summed E-state index contributed by atoms with van der Waals surface area (Å²) in [5, 5.41) is 3.91. The van der Waals surface area contributed by atoms with E-state index in [9.17, 15) is 8.78 Å². The molecule has 1 fully saturated rings. The van der Waals surface area contributed by atoms with Gasteiger partial charge in [0.05, 0.1) is 10.0 Å². The molecule has 1 saturated carbocycles. The quantitative estimate of drug-likeness (QED) is 0.718. The molecule has 0 aromatic heterocycles. The molecule has 0 heterocycles. The van der Waals surface area contributed by atoms with Gasteiger partial charge in [-0.3, -0.25) is 0 Å². The standard InChI is InChI=1S/C16H13BrClF2N/c17-13-5-6-14(19)15(16(13)20)12-4-1-10(18)7-9(12)8-21-11-2-3-11/h1,4-7,11,21H,2-3,8H2. The average Bonchev–Trinajstić information content (AvgIpc) is 3.27. The van der Waals surface area contributed by atoms with Crippen LogP contribution in [0.15, 0.2) is 34.8 Å². The lowest BCUT2D eigenvalue weighted by atomic mass is 9.98. The molecule has 0 atom stereocenters. The molecular formula is C16H13BrClF2N. The van der Waals surface area contributed by atoms with E-state index in [0.29, 0.717) is 23.2 Å². The molecule has 110 valence electrons. The Morgan fingerprint density at radius 2 is 1.95 bits per heavy atom. The zero-order valence-corrected chi connectivity index (χ0v) is 13.4. The van der Waals surface area contributed by atoms with Gasteiger partial charge < -0.3 is 5.32 Å². The van der Waals surface area contributed by atoms with E-state index in [4.69, 9.17) is 11.6 Å². The Morgan fingerprint density at radius 1 is 1.19 bits per heavy atom. The zero-order chi connectivity index (χ0) is 15.0. The second-order valence-corrected chi connectivity index (χ2v) is 6.47. The van der Waals surface area contributed by atoms with E-state index in [1.807, 2.05) is 0 Å². The van der Waals surface area contributed by atoms with Gasteiger partial charge >= 0.3 is 0 Å². The minimum absolute atomic E-state index is 0.0198. The average molecular weight is 373 g/mol. The van der Waals surface area contributed by atoms with E-state index in [-0.39, 0.29) is 10.0 Å². The third-order valence-electron chi connectivity index (χ3n) is 3.54. The minimum Gasteiger partial charge on any atom is -0.310 e. The summed E-state index contributed by atoms with van der Waals surface area (Å²) < 4.78 is 28.6. The number of benzene rings is 2. The molecule has 3 rings (SSSR count). The van der Waals surface area contributed by atoms with Gasteiger partial charge in [0.1, 0.15) is 11.6 Å². The predicted molar refractivity (Wildman–Crippen MR) is 84.4 cm³/mol. The molecule has 0 saturated heterocycles. The molecule has 5 heteroatoms. The highest BCUT2D eigenvalue weighted by atomic mass is 79.9. The Kier molecular flexibility index (Phi) is 4.29. The summed E-state index contributed by atoms with van der Waals surface area (Å²) in [6, 6.07) is 8.21. The molecular weight excluding hydrogens is 360 g/mol. The summed E-state index contributed by atoms with van der Waals surface area (Å²) >= 11 is 9.13. The number of hydrogen-bond donors (Lipinski definition) is 1. The fourth-order valence-electron chi connectivity index (χ4n) is 2.27. The monoisotopic (exact) mass is 371 g/mol. The first-order valence-electron chi connectivity index (χ1n) is 6.72. The third kappa shape index (κ3) is 3.28. The highest BCUT2D eigenvalue weighted by Gasteiger charge is 2.22. The van der Waals surface area contributed by atoms with Gasteiger partial charge in [0.15, 0.2) is 0 Å². The van der Waals surface area contributed by atoms with Crippen LogP contribution >= 0.6 is 27.5 Å². The number of hydrogen-bond acceptors (Lipinski definition) is 1. The molecule has 0 aliphatic heterocycles. The fraction of sp³-hybridized carbons (Fsp3) is 0.250. The SMILES string of the molecule is Fc1ccc(Br)c(F)c1-c1ccc(Cl)cc1CNC1CC1. The molecule has 2 aromatic rings. The van der Waals surface area contributed by atoms with Crippen LogP contribution in [0.2, 0.25) is 5.02 Å². The third-order valence-corrected chi connectivity index (χ3v) is 4.39. The summed E-state index contributed by atoms with van der Waals surface area (Å²) in [6.07, 6.45) is 2.30. The number of nitrogens with one attached hydrogen (secondary N) is 1. The van der Waals surface area contributed by atoms with Crippen molar-refractivity contribution in [3.8, 4) is 11.1 Å². The summed E-state index contributed by atoms with van der Waals surface area (Å²) in [7, 11) is 0. The van der Waals surface area contributed by atoms with Gasteiger partial charge in [0.2, 0.25) is 0 Å². The van der Waals surface area contributed by atoms with Crippen molar-refractivity contribution in [3.63, 3.8) is 0 Å². The van der Waals surface area contributed by atoms with Crippen molar-refractivity contribution in [1.29, 1.82) is 0 Å². The smallest absolute Gasteiger partial charge is 0.148 e. The molecule has 0 amide bonds. The molecule has 21 heavy (non-hydrogen) atoms. The van der Waals surface area contributed by atoms with Crippen LogP contribution in [0.5, 0.6) is 0 Å². The number of halogens is 4. The maximum atomic E-state index is 14.3. The lowest BCUT2D eigenvalue weighted by molar-refractivity contribution is 0.584. The van der Waals surface area contributed by atoms with E-state index in [1.165, 1.54) is 12.1 Å². The van der Waals surface area contributed by atoms with Crippen molar-refractivity contribution in [1.82, 2.24) is 5.32 Å². The lowest BCUT2D eigenvalue weighted by Gasteiger charge is -2.13. The molecule has 0 radical (unpaired) electrons. The summed E-state index contributed by atoms with van der Waals surface area (Å²) in [6.45, 7) is 0.548. The van der Waals surface area contributed by atoms with Crippen molar-refractivity contribution in [2.45, 2.75) is 25.4 Å². The van der Waals surface area contributed by atoms with Crippen molar-refractivity contribution in [2.24, 2.45) is 0 Å². The second kappa shape index (κ2) is 6.03. The molecule has 0 bridgehead atoms. The highest BCUT2D eigenvalue weighted by molar-refractivity contribution is 9.10. The van der Waals surface area contributed by atoms with E-state index in [0.717, 1.165) is 18.4 Å². The maximum Gasteiger partial charge on any atom is 0.148 e. The van der Waals surface area contributed by atoms with Crippen LogP contribution in [-0.4, -0.2) is 6.04 Å². The van der Waals surface area contributed by atoms with E-state index >= 15 is 0 Å². The molecule has 2 aromatic carbocycles. The van der Waals surface area contributed by atoms with Gasteiger partial charge in [-0.05, 0) is 64.2 Å². The van der Waals surface area contributed by atoms with E-state index < -0.39 is 11.6 Å². The normalized spacial score (nSPS) is 14.5. The lowest BCUT2D eigenvalue weighted by Crippen LogP contribution is -2.16. The highest BCUT2D eigenvalue weighted by Crippen LogP contribution is 2.34. The fourth-order valence-corrected chi connectivity index (χ4v) is 2.79. The largest absolute Gasteiger partial charge is 0.310 e. The zero-order valence-electron chi connectivity index (χ0n) is 11.1. The summed E-state index contributed by atoms with van der Waals surface area (Å²) in [5.74, 6) is -1.17. The van der Waals surface area contributed by atoms with Crippen LogP contribution in [0.1, 0.15) is 18.4 Å². The van der Waals surface area contributed by atoms with Gasteiger partial charge in [0.25, 0.3) is 0 Å². The van der Waals surface area contributed by atoms with Gasteiger partial charge in [0, 0.05) is 17.6 Å². The van der Waals surface area contributed by atoms with Gasteiger partial charge in [-0.1, -0.05) is 17.7 Å². The first kappa shape index (κ1) is 14.9. The van der Waals surface area contributed by atoms with Crippen LogP contribution < -0.4 is 5.32 Å². The van der Waals surface area contributed by atoms with Gasteiger partial charge in [-0.25, -0.2) is 8.78 Å². The van der Waals surface area contributed by atoms with Crippen molar-refractivity contribution < 1.29 is 8.78 Å². The Hall–Kier alpha value is -0.970. The molecule has 1 nitrogen and oxygen atoms in total. The number of rotatable bonds is 4. The molecule has 1 N–H and O–H groups in total. The van der Waals surface area contributed by atoms with Crippen molar-refractivity contribution in [2.75, 3.05) is 0 Å². The van der Waals surface area contributed by atoms with Crippen LogP contribution in [0.25, 0.3) is 11.1 Å².